The van der Waals surface area contributed by atoms with Gasteiger partial charge in [-0.3, -0.25) is 19.2 Å². The summed E-state index contributed by atoms with van der Waals surface area (Å²) in [6.07, 6.45) is 0. The molecule has 0 unspecified atom stereocenters. The molecule has 3 aromatic carbocycles. The lowest BCUT2D eigenvalue weighted by Crippen LogP contribution is -2.42. The fourth-order valence-electron chi connectivity index (χ4n) is 3.33. The van der Waals surface area contributed by atoms with Gasteiger partial charge < -0.3 is 4.90 Å². The molecule has 0 saturated carbocycles. The minimum absolute atomic E-state index is 0.183. The zero-order valence-electron chi connectivity index (χ0n) is 18.2. The maximum absolute atomic E-state index is 13.6. The van der Waals surface area contributed by atoms with E-state index in [2.05, 4.69) is 0 Å². The Kier molecular flexibility index (Phi) is 7.04. The van der Waals surface area contributed by atoms with E-state index in [1.165, 1.54) is 11.0 Å². The Balaban J connectivity index is 2.10. The number of hydrogen-bond acceptors (Lipinski definition) is 5. The molecule has 0 radical (unpaired) electrons. The highest BCUT2D eigenvalue weighted by atomic mass is 35.5. The number of benzene rings is 3. The van der Waals surface area contributed by atoms with Crippen LogP contribution in [0.4, 0.5) is 17.1 Å². The lowest BCUT2D eigenvalue weighted by atomic mass is 10.1. The van der Waals surface area contributed by atoms with E-state index in [4.69, 9.17) is 11.6 Å². The molecular formula is C23H22ClN3O5S. The summed E-state index contributed by atoms with van der Waals surface area (Å²) < 4.78 is 28.2. The summed E-state index contributed by atoms with van der Waals surface area (Å²) in [5.41, 5.74) is 1.92. The van der Waals surface area contributed by atoms with Gasteiger partial charge in [0.2, 0.25) is 5.91 Å². The molecule has 33 heavy (non-hydrogen) atoms. The molecule has 0 saturated heterocycles. The first kappa shape index (κ1) is 24.2. The highest BCUT2D eigenvalue weighted by Gasteiger charge is 2.31. The maximum atomic E-state index is 13.6. The predicted molar refractivity (Wildman–Crippen MR) is 128 cm³/mol. The van der Waals surface area contributed by atoms with Crippen molar-refractivity contribution in [2.45, 2.75) is 18.7 Å². The molecule has 0 aromatic heterocycles. The molecule has 3 aromatic rings. The molecule has 0 N–H and O–H groups in total. The number of halogens is 1. The van der Waals surface area contributed by atoms with Gasteiger partial charge in [0.15, 0.2) is 0 Å². The molecule has 0 bridgehead atoms. The summed E-state index contributed by atoms with van der Waals surface area (Å²) in [7, 11) is -2.80. The number of anilines is 2. The molecule has 172 valence electrons. The molecule has 0 aliphatic carbocycles. The molecule has 0 atom stereocenters. The summed E-state index contributed by atoms with van der Waals surface area (Å²) in [4.78, 5) is 24.7. The Morgan fingerprint density at radius 2 is 1.70 bits per heavy atom. The summed E-state index contributed by atoms with van der Waals surface area (Å²) in [5, 5.41) is 11.1. The maximum Gasteiger partial charge on any atom is 0.289 e. The number of rotatable bonds is 7. The number of nitro groups is 1. The van der Waals surface area contributed by atoms with Gasteiger partial charge in [-0.05, 0) is 49.7 Å². The topological polar surface area (TPSA) is 101 Å². The SMILES string of the molecule is Cc1ccc(N(CC(=O)N(C)c2ccccc2)S(=O)(=O)c2ccc(Cl)c([N+](=O)[O-])c2)c(C)c1. The van der Waals surface area contributed by atoms with E-state index < -0.39 is 33.1 Å². The Morgan fingerprint density at radius 3 is 2.30 bits per heavy atom. The third kappa shape index (κ3) is 5.15. The van der Waals surface area contributed by atoms with Crippen LogP contribution in [-0.2, 0) is 14.8 Å². The second kappa shape index (κ2) is 9.60. The predicted octanol–water partition coefficient (Wildman–Crippen LogP) is 4.72. The van der Waals surface area contributed by atoms with E-state index in [9.17, 15) is 23.3 Å². The average Bonchev–Trinajstić information content (AvgIpc) is 2.77. The number of hydrogen-bond donors (Lipinski definition) is 0. The Hall–Kier alpha value is -3.43. The first-order valence-electron chi connectivity index (χ1n) is 9.88. The van der Waals surface area contributed by atoms with Crippen LogP contribution in [0, 0.1) is 24.0 Å². The molecule has 0 aliphatic rings. The number of nitro benzene ring substituents is 1. The number of likely N-dealkylation sites (N-methyl/N-ethyl adjacent to an activating group) is 1. The standard InChI is InChI=1S/C23H22ClN3O5S/c1-16-9-12-21(17(2)13-16)26(15-23(28)25(3)18-7-5-4-6-8-18)33(31,32)19-10-11-20(24)22(14-19)27(29)30/h4-14H,15H2,1-3H3. The van der Waals surface area contributed by atoms with E-state index in [1.54, 1.807) is 56.4 Å². The van der Waals surface area contributed by atoms with Gasteiger partial charge in [0, 0.05) is 18.8 Å². The van der Waals surface area contributed by atoms with E-state index in [-0.39, 0.29) is 9.92 Å². The van der Waals surface area contributed by atoms with Crippen LogP contribution in [0.5, 0.6) is 0 Å². The van der Waals surface area contributed by atoms with E-state index >= 15 is 0 Å². The van der Waals surface area contributed by atoms with Gasteiger partial charge in [-0.25, -0.2) is 8.42 Å². The van der Waals surface area contributed by atoms with Gasteiger partial charge in [-0.15, -0.1) is 0 Å². The summed E-state index contributed by atoms with van der Waals surface area (Å²) in [5.74, 6) is -0.479. The zero-order valence-corrected chi connectivity index (χ0v) is 19.8. The number of nitrogens with zero attached hydrogens (tertiary/aromatic N) is 3. The zero-order chi connectivity index (χ0) is 24.3. The molecule has 0 aliphatic heterocycles. The molecule has 0 fully saturated rings. The van der Waals surface area contributed by atoms with E-state index in [0.717, 1.165) is 22.0 Å². The second-order valence-corrected chi connectivity index (χ2v) is 9.73. The Morgan fingerprint density at radius 1 is 1.03 bits per heavy atom. The van der Waals surface area contributed by atoms with Crippen LogP contribution in [0.15, 0.2) is 71.6 Å². The van der Waals surface area contributed by atoms with Crippen LogP contribution in [0.1, 0.15) is 11.1 Å². The minimum Gasteiger partial charge on any atom is -0.314 e. The molecule has 1 amide bonds. The van der Waals surface area contributed by atoms with Crippen molar-refractivity contribution in [1.29, 1.82) is 0 Å². The number of carbonyl (C=O) groups is 1. The molecule has 10 heteroatoms. The quantitative estimate of drug-likeness (QED) is 0.354. The van der Waals surface area contributed by atoms with Crippen molar-refractivity contribution in [3.8, 4) is 0 Å². The molecular weight excluding hydrogens is 466 g/mol. The summed E-state index contributed by atoms with van der Waals surface area (Å²) >= 11 is 5.86. The smallest absolute Gasteiger partial charge is 0.289 e. The first-order chi connectivity index (χ1) is 15.5. The minimum atomic E-state index is -4.35. The molecule has 0 heterocycles. The van der Waals surface area contributed by atoms with Crippen molar-refractivity contribution in [3.63, 3.8) is 0 Å². The highest BCUT2D eigenvalue weighted by molar-refractivity contribution is 7.92. The largest absolute Gasteiger partial charge is 0.314 e. The van der Waals surface area contributed by atoms with Crippen LogP contribution in [0.2, 0.25) is 5.02 Å². The number of para-hydroxylation sites is 1. The third-order valence-electron chi connectivity index (χ3n) is 5.12. The van der Waals surface area contributed by atoms with Crippen LogP contribution in [0.25, 0.3) is 0 Å². The molecule has 0 spiro atoms. The van der Waals surface area contributed by atoms with Gasteiger partial charge in [0.25, 0.3) is 15.7 Å². The average molecular weight is 488 g/mol. The monoisotopic (exact) mass is 487 g/mol. The fourth-order valence-corrected chi connectivity index (χ4v) is 5.02. The van der Waals surface area contributed by atoms with Crippen LogP contribution < -0.4 is 9.21 Å². The third-order valence-corrected chi connectivity index (χ3v) is 7.20. The summed E-state index contributed by atoms with van der Waals surface area (Å²) in [6.45, 7) is 3.10. The van der Waals surface area contributed by atoms with Crippen LogP contribution in [-0.4, -0.2) is 32.8 Å². The van der Waals surface area contributed by atoms with Gasteiger partial charge in [-0.2, -0.15) is 0 Å². The van der Waals surface area contributed by atoms with E-state index in [1.807, 2.05) is 13.0 Å². The van der Waals surface area contributed by atoms with Crippen molar-refractivity contribution in [2.75, 3.05) is 22.8 Å². The van der Waals surface area contributed by atoms with Crippen LogP contribution >= 0.6 is 11.6 Å². The second-order valence-electron chi connectivity index (χ2n) is 7.46. The van der Waals surface area contributed by atoms with Crippen molar-refractivity contribution in [2.24, 2.45) is 0 Å². The van der Waals surface area contributed by atoms with Gasteiger partial charge in [-0.1, -0.05) is 47.5 Å². The van der Waals surface area contributed by atoms with Gasteiger partial charge in [0.05, 0.1) is 15.5 Å². The van der Waals surface area contributed by atoms with Crippen molar-refractivity contribution >= 4 is 44.6 Å². The lowest BCUT2D eigenvalue weighted by molar-refractivity contribution is -0.384. The number of amides is 1. The fraction of sp³-hybridized carbons (Fsp3) is 0.174. The lowest BCUT2D eigenvalue weighted by Gasteiger charge is -2.28. The number of carbonyl (C=O) groups excluding carboxylic acids is 1. The van der Waals surface area contributed by atoms with E-state index in [0.29, 0.717) is 16.9 Å². The molecule has 3 rings (SSSR count). The Labute approximate surface area is 197 Å². The normalized spacial score (nSPS) is 11.2. The first-order valence-corrected chi connectivity index (χ1v) is 11.7. The number of sulfonamides is 1. The van der Waals surface area contributed by atoms with Crippen molar-refractivity contribution in [1.82, 2.24) is 0 Å². The highest BCUT2D eigenvalue weighted by Crippen LogP contribution is 2.32. The summed E-state index contributed by atoms with van der Waals surface area (Å²) in [6, 6.07) is 17.2. The Bertz CT molecular complexity index is 1310. The van der Waals surface area contributed by atoms with Crippen LogP contribution in [0.3, 0.4) is 0 Å². The van der Waals surface area contributed by atoms with Gasteiger partial charge in [0.1, 0.15) is 11.6 Å². The number of aryl methyl sites for hydroxylation is 2. The molecule has 8 nitrogen and oxygen atoms in total. The van der Waals surface area contributed by atoms with Crippen molar-refractivity contribution < 1.29 is 18.1 Å². The van der Waals surface area contributed by atoms with Crippen molar-refractivity contribution in [3.05, 3.63) is 93.0 Å². The van der Waals surface area contributed by atoms with Gasteiger partial charge >= 0.3 is 0 Å².